The molecule has 9 heteroatoms. The number of hydrogen-bond acceptors (Lipinski definition) is 3. The lowest BCUT2D eigenvalue weighted by atomic mass is 9.93. The van der Waals surface area contributed by atoms with Crippen LogP contribution in [0.5, 0.6) is 0 Å². The van der Waals surface area contributed by atoms with Crippen LogP contribution in [0.2, 0.25) is 0 Å². The van der Waals surface area contributed by atoms with Crippen LogP contribution in [0.1, 0.15) is 45.1 Å². The molecule has 0 unspecified atom stereocenters. The van der Waals surface area contributed by atoms with E-state index in [0.717, 1.165) is 18.2 Å². The summed E-state index contributed by atoms with van der Waals surface area (Å²) in [5.74, 6) is -3.66. The number of halogens is 4. The van der Waals surface area contributed by atoms with E-state index in [2.05, 4.69) is 5.32 Å². The Morgan fingerprint density at radius 2 is 1.81 bits per heavy atom. The third-order valence-electron chi connectivity index (χ3n) is 4.32. The number of benzene rings is 1. The van der Waals surface area contributed by atoms with Crippen LogP contribution in [0.15, 0.2) is 34.7 Å². The van der Waals surface area contributed by atoms with E-state index in [1.807, 2.05) is 0 Å². The van der Waals surface area contributed by atoms with Crippen molar-refractivity contribution in [1.82, 2.24) is 5.32 Å². The van der Waals surface area contributed by atoms with Crippen molar-refractivity contribution in [2.75, 3.05) is 6.54 Å². The molecule has 3 rings (SSSR count). The second-order valence-electron chi connectivity index (χ2n) is 6.16. The molecule has 26 heavy (non-hydrogen) atoms. The first-order valence-corrected chi connectivity index (χ1v) is 7.60. The minimum atomic E-state index is -4.67. The van der Waals surface area contributed by atoms with Gasteiger partial charge in [-0.1, -0.05) is 0 Å². The second-order valence-corrected chi connectivity index (χ2v) is 6.16. The Kier molecular flexibility index (Phi) is 4.25. The highest BCUT2D eigenvalue weighted by Crippen LogP contribution is 2.49. The maximum Gasteiger partial charge on any atom is 0.416 e. The first kappa shape index (κ1) is 18.0. The van der Waals surface area contributed by atoms with Crippen molar-refractivity contribution in [2.24, 2.45) is 0 Å². The van der Waals surface area contributed by atoms with Gasteiger partial charge in [0.05, 0.1) is 5.56 Å². The Bertz CT molecular complexity index is 868. The number of rotatable bonds is 5. The number of carboxylic acid groups (broad SMARTS) is 1. The molecule has 1 aliphatic carbocycles. The summed E-state index contributed by atoms with van der Waals surface area (Å²) < 4.78 is 57.0. The number of alkyl halides is 3. The third-order valence-corrected chi connectivity index (χ3v) is 4.32. The molecule has 1 aromatic heterocycles. The van der Waals surface area contributed by atoms with Gasteiger partial charge in [0.15, 0.2) is 5.76 Å². The van der Waals surface area contributed by atoms with Crippen LogP contribution >= 0.6 is 0 Å². The summed E-state index contributed by atoms with van der Waals surface area (Å²) in [7, 11) is 0. The summed E-state index contributed by atoms with van der Waals surface area (Å²) in [6.45, 7) is -0.0182. The molecule has 0 atom stereocenters. The molecule has 1 heterocycles. The fraction of sp³-hybridized carbons (Fsp3) is 0.294. The molecule has 1 aromatic carbocycles. The van der Waals surface area contributed by atoms with Gasteiger partial charge in [-0.05, 0) is 48.7 Å². The van der Waals surface area contributed by atoms with Crippen molar-refractivity contribution in [3.05, 3.63) is 58.8 Å². The second kappa shape index (κ2) is 6.15. The SMILES string of the molecule is O=C(O)c1ccc(C(=O)NCC2(c3cc(F)cc(C(F)(F)F)c3)CC2)o1. The lowest BCUT2D eigenvalue weighted by molar-refractivity contribution is -0.137. The molecule has 138 valence electrons. The lowest BCUT2D eigenvalue weighted by Crippen LogP contribution is -2.32. The molecule has 0 spiro atoms. The van der Waals surface area contributed by atoms with Gasteiger partial charge in [-0.3, -0.25) is 4.79 Å². The number of carboxylic acids is 1. The van der Waals surface area contributed by atoms with Crippen molar-refractivity contribution in [3.8, 4) is 0 Å². The smallest absolute Gasteiger partial charge is 0.416 e. The maximum atomic E-state index is 13.6. The fourth-order valence-electron chi connectivity index (χ4n) is 2.69. The Labute approximate surface area is 144 Å². The van der Waals surface area contributed by atoms with E-state index in [0.29, 0.717) is 18.9 Å². The molecule has 2 aromatic rings. The van der Waals surface area contributed by atoms with E-state index >= 15 is 0 Å². The van der Waals surface area contributed by atoms with Crippen LogP contribution in [-0.2, 0) is 11.6 Å². The zero-order valence-electron chi connectivity index (χ0n) is 13.2. The van der Waals surface area contributed by atoms with Gasteiger partial charge >= 0.3 is 12.1 Å². The Morgan fingerprint density at radius 3 is 2.35 bits per heavy atom. The van der Waals surface area contributed by atoms with Gasteiger partial charge in [0.2, 0.25) is 5.76 Å². The molecule has 1 aliphatic rings. The van der Waals surface area contributed by atoms with Gasteiger partial charge in [-0.15, -0.1) is 0 Å². The standard InChI is InChI=1S/C17H13F4NO4/c18-11-6-9(5-10(7-11)17(19,20)21)16(3-4-16)8-22-14(23)12-1-2-13(26-12)15(24)25/h1-2,5-7H,3-4,8H2,(H,22,23)(H,24,25). The van der Waals surface area contributed by atoms with Crippen LogP contribution in [0.4, 0.5) is 17.6 Å². The fourth-order valence-corrected chi connectivity index (χ4v) is 2.69. The van der Waals surface area contributed by atoms with E-state index < -0.39 is 40.6 Å². The minimum Gasteiger partial charge on any atom is -0.475 e. The number of furan rings is 1. The van der Waals surface area contributed by atoms with Gasteiger partial charge < -0.3 is 14.8 Å². The van der Waals surface area contributed by atoms with Crippen molar-refractivity contribution in [2.45, 2.75) is 24.4 Å². The maximum absolute atomic E-state index is 13.6. The number of amides is 1. The average Bonchev–Trinajstić information content (AvgIpc) is 3.17. The highest BCUT2D eigenvalue weighted by atomic mass is 19.4. The number of nitrogens with one attached hydrogen (secondary N) is 1. The van der Waals surface area contributed by atoms with Gasteiger partial charge in [0.1, 0.15) is 5.82 Å². The predicted octanol–water partition coefficient (Wildman–Crippen LogP) is 3.60. The zero-order chi connectivity index (χ0) is 19.1. The average molecular weight is 371 g/mol. The summed E-state index contributed by atoms with van der Waals surface area (Å²) >= 11 is 0. The molecule has 1 amide bonds. The van der Waals surface area contributed by atoms with Crippen molar-refractivity contribution in [1.29, 1.82) is 0 Å². The highest BCUT2D eigenvalue weighted by Gasteiger charge is 2.46. The van der Waals surface area contributed by atoms with E-state index in [1.54, 1.807) is 0 Å². The van der Waals surface area contributed by atoms with Crippen LogP contribution < -0.4 is 5.32 Å². The summed E-state index contributed by atoms with van der Waals surface area (Å²) in [4.78, 5) is 22.8. The highest BCUT2D eigenvalue weighted by molar-refractivity contribution is 5.93. The van der Waals surface area contributed by atoms with Crippen LogP contribution in [-0.4, -0.2) is 23.5 Å². The topological polar surface area (TPSA) is 79.5 Å². The summed E-state index contributed by atoms with van der Waals surface area (Å²) in [5.41, 5.74) is -1.70. The summed E-state index contributed by atoms with van der Waals surface area (Å²) in [5, 5.41) is 11.3. The Hall–Kier alpha value is -2.84. The third kappa shape index (κ3) is 3.56. The summed E-state index contributed by atoms with van der Waals surface area (Å²) in [6, 6.07) is 4.64. The van der Waals surface area contributed by atoms with Crippen LogP contribution in [0.25, 0.3) is 0 Å². The number of carbonyl (C=O) groups excluding carboxylic acids is 1. The first-order chi connectivity index (χ1) is 12.1. The van der Waals surface area contributed by atoms with Gasteiger partial charge in [0.25, 0.3) is 5.91 Å². The zero-order valence-corrected chi connectivity index (χ0v) is 13.2. The molecule has 0 radical (unpaired) electrons. The summed E-state index contributed by atoms with van der Waals surface area (Å²) in [6.07, 6.45) is -3.68. The largest absolute Gasteiger partial charge is 0.475 e. The molecule has 0 aliphatic heterocycles. The van der Waals surface area contributed by atoms with E-state index in [-0.39, 0.29) is 17.9 Å². The number of hydrogen-bond donors (Lipinski definition) is 2. The molecule has 1 saturated carbocycles. The van der Waals surface area contributed by atoms with Crippen molar-refractivity contribution < 1.29 is 36.7 Å². The van der Waals surface area contributed by atoms with Gasteiger partial charge in [-0.25, -0.2) is 9.18 Å². The monoisotopic (exact) mass is 371 g/mol. The molecular weight excluding hydrogens is 358 g/mol. The Morgan fingerprint density at radius 1 is 1.15 bits per heavy atom. The number of carbonyl (C=O) groups is 2. The molecule has 2 N–H and O–H groups in total. The lowest BCUT2D eigenvalue weighted by Gasteiger charge is -2.18. The van der Waals surface area contributed by atoms with Crippen LogP contribution in [0.3, 0.4) is 0 Å². The van der Waals surface area contributed by atoms with Gasteiger partial charge in [-0.2, -0.15) is 13.2 Å². The molecule has 0 bridgehead atoms. The van der Waals surface area contributed by atoms with Crippen molar-refractivity contribution >= 4 is 11.9 Å². The normalized spacial score (nSPS) is 15.5. The minimum absolute atomic E-state index is 0.0182. The molecule has 5 nitrogen and oxygen atoms in total. The molecule has 0 saturated heterocycles. The molecular formula is C17H13F4NO4. The quantitative estimate of drug-likeness (QED) is 0.787. The van der Waals surface area contributed by atoms with E-state index in [9.17, 15) is 27.2 Å². The molecule has 1 fully saturated rings. The Balaban J connectivity index is 1.75. The number of aromatic carboxylic acids is 1. The van der Waals surface area contributed by atoms with Crippen molar-refractivity contribution in [3.63, 3.8) is 0 Å². The predicted molar refractivity (Wildman–Crippen MR) is 80.3 cm³/mol. The van der Waals surface area contributed by atoms with Gasteiger partial charge in [0, 0.05) is 12.0 Å². The van der Waals surface area contributed by atoms with Crippen LogP contribution in [0, 0.1) is 5.82 Å². The van der Waals surface area contributed by atoms with E-state index in [4.69, 9.17) is 9.52 Å². The van der Waals surface area contributed by atoms with E-state index in [1.165, 1.54) is 6.07 Å². The first-order valence-electron chi connectivity index (χ1n) is 7.60.